The molecular weight excluding hydrogens is 172 g/mol. The molecule has 1 rings (SSSR count). The Labute approximate surface area is 67.6 Å². The molecule has 1 aliphatic carbocycles. The van der Waals surface area contributed by atoms with Crippen molar-refractivity contribution in [2.75, 3.05) is 0 Å². The molecule has 0 radical (unpaired) electrons. The predicted octanol–water partition coefficient (Wildman–Crippen LogP) is 3.02. The van der Waals surface area contributed by atoms with Gasteiger partial charge in [0.25, 0.3) is 0 Å². The molecule has 12 heavy (non-hydrogen) atoms. The molecule has 0 amide bonds. The minimum atomic E-state index is -4.41. The second kappa shape index (κ2) is 2.92. The molecule has 0 fully saturated rings. The molecule has 1 aliphatic rings. The van der Waals surface area contributed by atoms with Crippen LogP contribution in [0.5, 0.6) is 0 Å². The Morgan fingerprint density at radius 2 is 1.92 bits per heavy atom. The summed E-state index contributed by atoms with van der Waals surface area (Å²) in [6, 6.07) is 0. The molecule has 0 nitrogen and oxygen atoms in total. The molecule has 0 aliphatic heterocycles. The lowest BCUT2D eigenvalue weighted by Gasteiger charge is -2.22. The van der Waals surface area contributed by atoms with Crippen LogP contribution >= 0.6 is 0 Å². The first-order valence-electron chi connectivity index (χ1n) is 3.52. The van der Waals surface area contributed by atoms with Crippen molar-refractivity contribution in [3.8, 4) is 0 Å². The summed E-state index contributed by atoms with van der Waals surface area (Å²) in [5, 5.41) is 0. The van der Waals surface area contributed by atoms with Crippen molar-refractivity contribution in [1.82, 2.24) is 0 Å². The molecule has 0 heterocycles. The van der Waals surface area contributed by atoms with Crippen LogP contribution in [0.25, 0.3) is 0 Å². The highest BCUT2D eigenvalue weighted by molar-refractivity contribution is 5.26. The molecule has 68 valence electrons. The number of hydrogen-bond donors (Lipinski definition) is 0. The van der Waals surface area contributed by atoms with Crippen LogP contribution in [0.15, 0.2) is 23.8 Å². The Bertz CT molecular complexity index is 224. The first-order valence-corrected chi connectivity index (χ1v) is 3.52. The van der Waals surface area contributed by atoms with E-state index in [1.807, 2.05) is 0 Å². The van der Waals surface area contributed by atoms with Crippen molar-refractivity contribution in [2.24, 2.45) is 5.92 Å². The van der Waals surface area contributed by atoms with Gasteiger partial charge in [0.1, 0.15) is 6.17 Å². The van der Waals surface area contributed by atoms with Gasteiger partial charge in [-0.3, -0.25) is 0 Å². The highest BCUT2D eigenvalue weighted by Crippen LogP contribution is 2.35. The Hall–Kier alpha value is -0.800. The van der Waals surface area contributed by atoms with Gasteiger partial charge in [-0.15, -0.1) is 0 Å². The molecular formula is C8H8F4. The summed E-state index contributed by atoms with van der Waals surface area (Å²) in [5.41, 5.74) is -0.794. The van der Waals surface area contributed by atoms with E-state index in [9.17, 15) is 17.6 Å². The number of allylic oxidation sites excluding steroid dienone is 4. The van der Waals surface area contributed by atoms with E-state index in [1.165, 1.54) is 6.92 Å². The van der Waals surface area contributed by atoms with Gasteiger partial charge in [-0.05, 0) is 0 Å². The molecule has 2 atom stereocenters. The number of hydrogen-bond acceptors (Lipinski definition) is 0. The van der Waals surface area contributed by atoms with Crippen LogP contribution in [-0.2, 0) is 0 Å². The Morgan fingerprint density at radius 3 is 2.33 bits per heavy atom. The molecule has 2 unspecified atom stereocenters. The summed E-state index contributed by atoms with van der Waals surface area (Å²) in [6.45, 7) is 1.23. The monoisotopic (exact) mass is 180 g/mol. The standard InChI is InChI=1S/C8H8F4/c1-5-6(8(10,11)12)3-2-4-7(5)9/h2-5,7H,1H3. The summed E-state index contributed by atoms with van der Waals surface area (Å²) in [4.78, 5) is 0. The Morgan fingerprint density at radius 1 is 1.33 bits per heavy atom. The van der Waals surface area contributed by atoms with E-state index in [2.05, 4.69) is 0 Å². The van der Waals surface area contributed by atoms with E-state index >= 15 is 0 Å². The van der Waals surface area contributed by atoms with Crippen LogP contribution < -0.4 is 0 Å². The van der Waals surface area contributed by atoms with E-state index in [0.29, 0.717) is 0 Å². The van der Waals surface area contributed by atoms with E-state index in [4.69, 9.17) is 0 Å². The molecule has 0 aromatic rings. The predicted molar refractivity (Wildman–Crippen MR) is 37.3 cm³/mol. The van der Waals surface area contributed by atoms with Crippen molar-refractivity contribution in [1.29, 1.82) is 0 Å². The zero-order chi connectivity index (χ0) is 9.35. The van der Waals surface area contributed by atoms with E-state index < -0.39 is 23.8 Å². The Balaban J connectivity index is 2.90. The first-order chi connectivity index (χ1) is 5.43. The van der Waals surface area contributed by atoms with Gasteiger partial charge in [0, 0.05) is 11.5 Å². The number of rotatable bonds is 0. The van der Waals surface area contributed by atoms with Crippen LogP contribution in [0, 0.1) is 5.92 Å². The maximum absolute atomic E-state index is 12.7. The van der Waals surface area contributed by atoms with Crippen LogP contribution in [0.1, 0.15) is 6.92 Å². The summed E-state index contributed by atoms with van der Waals surface area (Å²) < 4.78 is 49.0. The summed E-state index contributed by atoms with van der Waals surface area (Å²) in [5.74, 6) is -1.09. The van der Waals surface area contributed by atoms with E-state index in [0.717, 1.165) is 18.2 Å². The zero-order valence-electron chi connectivity index (χ0n) is 6.40. The average molecular weight is 180 g/mol. The van der Waals surface area contributed by atoms with Crippen molar-refractivity contribution in [3.63, 3.8) is 0 Å². The summed E-state index contributed by atoms with van der Waals surface area (Å²) in [7, 11) is 0. The molecule has 0 N–H and O–H groups in total. The highest BCUT2D eigenvalue weighted by Gasteiger charge is 2.39. The van der Waals surface area contributed by atoms with Crippen LogP contribution in [-0.4, -0.2) is 12.3 Å². The normalized spacial score (nSPS) is 30.2. The minimum Gasteiger partial charge on any atom is -0.242 e. The molecule has 4 heteroatoms. The van der Waals surface area contributed by atoms with E-state index in [1.54, 1.807) is 0 Å². The van der Waals surface area contributed by atoms with Gasteiger partial charge in [-0.25, -0.2) is 4.39 Å². The van der Waals surface area contributed by atoms with E-state index in [-0.39, 0.29) is 0 Å². The molecule has 0 saturated carbocycles. The molecule has 0 spiro atoms. The molecule has 0 saturated heterocycles. The molecule has 0 aromatic heterocycles. The van der Waals surface area contributed by atoms with Crippen LogP contribution in [0.3, 0.4) is 0 Å². The second-order valence-corrected chi connectivity index (χ2v) is 2.74. The topological polar surface area (TPSA) is 0 Å². The second-order valence-electron chi connectivity index (χ2n) is 2.74. The highest BCUT2D eigenvalue weighted by atomic mass is 19.4. The van der Waals surface area contributed by atoms with Gasteiger partial charge in [0.15, 0.2) is 0 Å². The zero-order valence-corrected chi connectivity index (χ0v) is 6.40. The Kier molecular flexibility index (Phi) is 2.26. The maximum atomic E-state index is 12.7. The first kappa shape index (κ1) is 9.29. The summed E-state index contributed by atoms with van der Waals surface area (Å²) in [6.07, 6.45) is -2.78. The van der Waals surface area contributed by atoms with Gasteiger partial charge in [0.2, 0.25) is 0 Å². The van der Waals surface area contributed by atoms with Gasteiger partial charge >= 0.3 is 6.18 Å². The third-order valence-corrected chi connectivity index (χ3v) is 1.87. The SMILES string of the molecule is CC1C(C(F)(F)F)=CC=CC1F. The number of alkyl halides is 4. The third kappa shape index (κ3) is 1.68. The quantitative estimate of drug-likeness (QED) is 0.502. The lowest BCUT2D eigenvalue weighted by Crippen LogP contribution is -2.25. The molecule has 0 aromatic carbocycles. The van der Waals surface area contributed by atoms with Gasteiger partial charge < -0.3 is 0 Å². The van der Waals surface area contributed by atoms with Gasteiger partial charge in [0.05, 0.1) is 0 Å². The fraction of sp³-hybridized carbons (Fsp3) is 0.500. The lowest BCUT2D eigenvalue weighted by molar-refractivity contribution is -0.101. The molecule has 0 bridgehead atoms. The van der Waals surface area contributed by atoms with Crippen molar-refractivity contribution >= 4 is 0 Å². The van der Waals surface area contributed by atoms with Gasteiger partial charge in [-0.1, -0.05) is 25.2 Å². The lowest BCUT2D eigenvalue weighted by atomic mass is 9.91. The van der Waals surface area contributed by atoms with Crippen LogP contribution in [0.2, 0.25) is 0 Å². The maximum Gasteiger partial charge on any atom is 0.413 e. The van der Waals surface area contributed by atoms with Gasteiger partial charge in [-0.2, -0.15) is 13.2 Å². The van der Waals surface area contributed by atoms with Crippen molar-refractivity contribution < 1.29 is 17.6 Å². The fourth-order valence-corrected chi connectivity index (χ4v) is 1.11. The smallest absolute Gasteiger partial charge is 0.242 e. The largest absolute Gasteiger partial charge is 0.413 e. The average Bonchev–Trinajstić information content (AvgIpc) is 1.92. The van der Waals surface area contributed by atoms with Crippen molar-refractivity contribution in [2.45, 2.75) is 19.3 Å². The number of halogens is 4. The summed E-state index contributed by atoms with van der Waals surface area (Å²) >= 11 is 0. The van der Waals surface area contributed by atoms with Crippen molar-refractivity contribution in [3.05, 3.63) is 23.8 Å². The minimum absolute atomic E-state index is 0.794. The third-order valence-electron chi connectivity index (χ3n) is 1.87. The van der Waals surface area contributed by atoms with Crippen LogP contribution in [0.4, 0.5) is 17.6 Å². The fourth-order valence-electron chi connectivity index (χ4n) is 1.11.